The molecule has 0 saturated heterocycles. The number of phenolic OH excluding ortho intramolecular Hbond substituents is 1. The number of rotatable bonds is 8. The summed E-state index contributed by atoms with van der Waals surface area (Å²) in [4.78, 5) is 41.5. The Balaban J connectivity index is 0.000000298. The van der Waals surface area contributed by atoms with E-state index in [1.807, 2.05) is 12.1 Å². The Bertz CT molecular complexity index is 760. The summed E-state index contributed by atoms with van der Waals surface area (Å²) in [6.45, 7) is 0.768. The first-order chi connectivity index (χ1) is 13.5. The molecule has 160 valence electrons. The van der Waals surface area contributed by atoms with E-state index in [0.717, 1.165) is 17.8 Å². The minimum atomic E-state index is -2.74. The van der Waals surface area contributed by atoms with E-state index in [0.29, 0.717) is 18.6 Å². The highest BCUT2D eigenvalue weighted by molar-refractivity contribution is 5.88. The number of carboxylic acids is 3. The van der Waals surface area contributed by atoms with E-state index < -0.39 is 36.4 Å². The summed E-state index contributed by atoms with van der Waals surface area (Å²) in [7, 11) is 1.39. The van der Waals surface area contributed by atoms with Crippen LogP contribution in [0.3, 0.4) is 0 Å². The van der Waals surface area contributed by atoms with Crippen LogP contribution in [0, 0.1) is 0 Å². The maximum atomic E-state index is 11.1. The van der Waals surface area contributed by atoms with Crippen LogP contribution in [0.1, 0.15) is 37.2 Å². The number of hydrogen-bond donors (Lipinski definition) is 6. The van der Waals surface area contributed by atoms with Crippen LogP contribution in [-0.4, -0.2) is 68.7 Å². The SMILES string of the molecule is COC(=O)CCC1CNc2cccc(O)c21.O=C(O)CC(O)(CC(=O)O)C(=O)O. The van der Waals surface area contributed by atoms with E-state index in [-0.39, 0.29) is 11.9 Å². The highest BCUT2D eigenvalue weighted by Gasteiger charge is 2.40. The van der Waals surface area contributed by atoms with E-state index in [9.17, 15) is 24.3 Å². The Morgan fingerprint density at radius 2 is 1.72 bits per heavy atom. The van der Waals surface area contributed by atoms with Crippen LogP contribution in [-0.2, 0) is 23.9 Å². The van der Waals surface area contributed by atoms with Crippen molar-refractivity contribution in [3.63, 3.8) is 0 Å². The van der Waals surface area contributed by atoms with Crippen molar-refractivity contribution in [3.05, 3.63) is 23.8 Å². The van der Waals surface area contributed by atoms with Crippen molar-refractivity contribution in [1.82, 2.24) is 0 Å². The number of nitrogens with one attached hydrogen (secondary N) is 1. The lowest BCUT2D eigenvalue weighted by molar-refractivity contribution is -0.170. The number of anilines is 1. The maximum Gasteiger partial charge on any atom is 0.336 e. The van der Waals surface area contributed by atoms with Crippen molar-refractivity contribution in [2.45, 2.75) is 37.2 Å². The highest BCUT2D eigenvalue weighted by atomic mass is 16.5. The molecule has 0 amide bonds. The van der Waals surface area contributed by atoms with Crippen molar-refractivity contribution < 1.29 is 49.4 Å². The van der Waals surface area contributed by atoms with Gasteiger partial charge < -0.3 is 35.6 Å². The number of aromatic hydroxyl groups is 1. The number of carboxylic acid groups (broad SMARTS) is 3. The molecule has 1 aliphatic heterocycles. The molecule has 6 N–H and O–H groups in total. The molecular formula is C18H23NO10. The van der Waals surface area contributed by atoms with E-state index in [4.69, 9.17) is 20.4 Å². The maximum absolute atomic E-state index is 11.1. The number of aliphatic hydroxyl groups is 1. The molecule has 1 heterocycles. The van der Waals surface area contributed by atoms with Gasteiger partial charge in [0.1, 0.15) is 5.75 Å². The van der Waals surface area contributed by atoms with Gasteiger partial charge in [0.15, 0.2) is 5.60 Å². The second-order valence-corrected chi connectivity index (χ2v) is 6.41. The summed E-state index contributed by atoms with van der Waals surface area (Å²) >= 11 is 0. The zero-order valence-electron chi connectivity index (χ0n) is 15.6. The molecular weight excluding hydrogens is 390 g/mol. The normalized spacial score (nSPS) is 14.6. The lowest BCUT2D eigenvalue weighted by Gasteiger charge is -2.18. The fourth-order valence-electron chi connectivity index (χ4n) is 2.83. The number of carbonyl (C=O) groups excluding carboxylic acids is 1. The molecule has 0 bridgehead atoms. The van der Waals surface area contributed by atoms with Gasteiger partial charge in [-0.2, -0.15) is 0 Å². The minimum Gasteiger partial charge on any atom is -0.508 e. The largest absolute Gasteiger partial charge is 0.508 e. The quantitative estimate of drug-likeness (QED) is 0.327. The van der Waals surface area contributed by atoms with Gasteiger partial charge in [-0.05, 0) is 18.6 Å². The van der Waals surface area contributed by atoms with Gasteiger partial charge in [-0.3, -0.25) is 14.4 Å². The average molecular weight is 413 g/mol. The van der Waals surface area contributed by atoms with Gasteiger partial charge in [0.05, 0.1) is 20.0 Å². The topological polar surface area (TPSA) is 191 Å². The van der Waals surface area contributed by atoms with Crippen molar-refractivity contribution in [2.75, 3.05) is 19.0 Å². The first kappa shape index (κ1) is 23.7. The van der Waals surface area contributed by atoms with Gasteiger partial charge in [0.2, 0.25) is 0 Å². The van der Waals surface area contributed by atoms with Crippen LogP contribution in [0.5, 0.6) is 5.75 Å². The van der Waals surface area contributed by atoms with Gasteiger partial charge >= 0.3 is 23.9 Å². The molecule has 0 radical (unpaired) electrons. The van der Waals surface area contributed by atoms with E-state index in [1.165, 1.54) is 7.11 Å². The number of esters is 1. The molecule has 0 aromatic heterocycles. The smallest absolute Gasteiger partial charge is 0.336 e. The number of benzene rings is 1. The molecule has 11 nitrogen and oxygen atoms in total. The molecule has 1 aromatic carbocycles. The Kier molecular flexibility index (Phi) is 8.39. The van der Waals surface area contributed by atoms with Gasteiger partial charge in [0.25, 0.3) is 0 Å². The molecule has 1 unspecified atom stereocenters. The number of fused-ring (bicyclic) bond motifs is 1. The molecule has 11 heteroatoms. The summed E-state index contributed by atoms with van der Waals surface area (Å²) in [5.41, 5.74) is -0.848. The number of phenols is 1. The molecule has 1 aliphatic rings. The number of aliphatic carboxylic acids is 3. The van der Waals surface area contributed by atoms with E-state index in [1.54, 1.807) is 6.07 Å². The van der Waals surface area contributed by atoms with Crippen LogP contribution in [0.4, 0.5) is 5.69 Å². The van der Waals surface area contributed by atoms with Crippen LogP contribution >= 0.6 is 0 Å². The predicted octanol–water partition coefficient (Wildman–Crippen LogP) is 0.606. The van der Waals surface area contributed by atoms with Crippen LogP contribution in [0.2, 0.25) is 0 Å². The summed E-state index contributed by atoms with van der Waals surface area (Å²) in [5, 5.41) is 46.8. The third kappa shape index (κ3) is 6.96. The monoisotopic (exact) mass is 413 g/mol. The number of ether oxygens (including phenoxy) is 1. The molecule has 1 atom stereocenters. The van der Waals surface area contributed by atoms with Gasteiger partial charge in [-0.15, -0.1) is 0 Å². The first-order valence-electron chi connectivity index (χ1n) is 8.52. The fraction of sp³-hybridized carbons (Fsp3) is 0.444. The molecule has 29 heavy (non-hydrogen) atoms. The number of carbonyl (C=O) groups is 4. The third-order valence-corrected chi connectivity index (χ3v) is 4.24. The Hall–Kier alpha value is -3.34. The van der Waals surface area contributed by atoms with Crippen molar-refractivity contribution in [1.29, 1.82) is 0 Å². The minimum absolute atomic E-state index is 0.190. The standard InChI is InChI=1S/C12H15NO3.C6H8O7/c1-16-11(15)6-5-8-7-13-9-3-2-4-10(14)12(8)9;7-3(8)1-6(13,5(11)12)2-4(9)10/h2-4,8,13-14H,5-7H2,1H3;13H,1-2H2,(H,7,8)(H,9,10)(H,11,12). The Labute approximate surface area is 165 Å². The molecule has 0 aliphatic carbocycles. The highest BCUT2D eigenvalue weighted by Crippen LogP contribution is 2.40. The number of methoxy groups -OCH3 is 1. The third-order valence-electron chi connectivity index (χ3n) is 4.24. The second-order valence-electron chi connectivity index (χ2n) is 6.41. The summed E-state index contributed by atoms with van der Waals surface area (Å²) in [6, 6.07) is 5.42. The Morgan fingerprint density at radius 1 is 1.14 bits per heavy atom. The number of hydrogen-bond acceptors (Lipinski definition) is 8. The van der Waals surface area contributed by atoms with Crippen molar-refractivity contribution in [2.24, 2.45) is 0 Å². The molecule has 1 aromatic rings. The zero-order chi connectivity index (χ0) is 22.2. The van der Waals surface area contributed by atoms with Crippen LogP contribution in [0.15, 0.2) is 18.2 Å². The molecule has 2 rings (SSSR count). The fourth-order valence-corrected chi connectivity index (χ4v) is 2.83. The van der Waals surface area contributed by atoms with Gasteiger partial charge in [-0.25, -0.2) is 4.79 Å². The average Bonchev–Trinajstić information content (AvgIpc) is 3.03. The summed E-state index contributed by atoms with van der Waals surface area (Å²) in [6.07, 6.45) is -1.20. The second kappa shape index (κ2) is 10.3. The van der Waals surface area contributed by atoms with Gasteiger partial charge in [0, 0.05) is 30.1 Å². The van der Waals surface area contributed by atoms with Crippen LogP contribution in [0.25, 0.3) is 0 Å². The lowest BCUT2D eigenvalue weighted by atomic mass is 9.95. The zero-order valence-corrected chi connectivity index (χ0v) is 15.6. The first-order valence-corrected chi connectivity index (χ1v) is 8.52. The van der Waals surface area contributed by atoms with Crippen molar-refractivity contribution >= 4 is 29.6 Å². The van der Waals surface area contributed by atoms with E-state index >= 15 is 0 Å². The lowest BCUT2D eigenvalue weighted by Crippen LogP contribution is -2.42. The molecule has 0 spiro atoms. The van der Waals surface area contributed by atoms with Crippen LogP contribution < -0.4 is 5.32 Å². The van der Waals surface area contributed by atoms with E-state index in [2.05, 4.69) is 10.1 Å². The summed E-state index contributed by atoms with van der Waals surface area (Å²) in [5.74, 6) is -4.73. The predicted molar refractivity (Wildman–Crippen MR) is 97.7 cm³/mol. The summed E-state index contributed by atoms with van der Waals surface area (Å²) < 4.78 is 4.61. The Morgan fingerprint density at radius 3 is 2.21 bits per heavy atom. The van der Waals surface area contributed by atoms with Crippen molar-refractivity contribution in [3.8, 4) is 5.75 Å². The molecule has 0 fully saturated rings. The van der Waals surface area contributed by atoms with Gasteiger partial charge in [-0.1, -0.05) is 6.07 Å². The molecule has 0 saturated carbocycles.